The number of nitrogens with one attached hydrogen (secondary N) is 1. The van der Waals surface area contributed by atoms with Crippen LogP contribution < -0.4 is 5.56 Å². The highest BCUT2D eigenvalue weighted by atomic mass is 79.9. The predicted octanol–water partition coefficient (Wildman–Crippen LogP) is 1.06. The predicted molar refractivity (Wildman–Crippen MR) is 47.8 cm³/mol. The minimum Gasteiger partial charge on any atom is -0.327 e. The Morgan fingerprint density at radius 1 is 1.50 bits per heavy atom. The molecule has 0 fully saturated rings. The van der Waals surface area contributed by atoms with Crippen LogP contribution in [0.15, 0.2) is 26.4 Å². The Morgan fingerprint density at radius 3 is 2.50 bits per heavy atom. The van der Waals surface area contributed by atoms with Crippen LogP contribution in [-0.2, 0) is 9.05 Å². The Bertz CT molecular complexity index is 452. The molecule has 12 heavy (non-hydrogen) atoms. The van der Waals surface area contributed by atoms with Crippen LogP contribution in [0.3, 0.4) is 0 Å². The van der Waals surface area contributed by atoms with Crippen molar-refractivity contribution in [2.75, 3.05) is 0 Å². The molecule has 0 unspecified atom stereocenters. The third kappa shape index (κ3) is 2.09. The maximum Gasteiger partial charge on any atom is 0.262 e. The summed E-state index contributed by atoms with van der Waals surface area (Å²) in [5, 5.41) is 0. The minimum atomic E-state index is -3.77. The van der Waals surface area contributed by atoms with Gasteiger partial charge in [0.25, 0.3) is 14.6 Å². The lowest BCUT2D eigenvalue weighted by Gasteiger charge is -1.94. The lowest BCUT2D eigenvalue weighted by Crippen LogP contribution is -2.07. The van der Waals surface area contributed by atoms with E-state index in [2.05, 4.69) is 20.9 Å². The number of rotatable bonds is 1. The van der Waals surface area contributed by atoms with Crippen LogP contribution in [0.25, 0.3) is 0 Å². The molecule has 0 amide bonds. The quantitative estimate of drug-likeness (QED) is 0.778. The molecule has 0 atom stereocenters. The zero-order valence-electron chi connectivity index (χ0n) is 5.54. The van der Waals surface area contributed by atoms with Gasteiger partial charge < -0.3 is 4.98 Å². The topological polar surface area (TPSA) is 67.0 Å². The SMILES string of the molecule is O=c1[nH]cc(S(=O)(=O)Cl)cc1Br. The van der Waals surface area contributed by atoms with Gasteiger partial charge in [0.1, 0.15) is 0 Å². The van der Waals surface area contributed by atoms with Gasteiger partial charge in [-0.05, 0) is 22.0 Å². The number of hydrogen-bond acceptors (Lipinski definition) is 3. The molecule has 1 heterocycles. The molecule has 0 aliphatic heterocycles. The van der Waals surface area contributed by atoms with Gasteiger partial charge in [0, 0.05) is 16.9 Å². The molecule has 0 bridgehead atoms. The minimum absolute atomic E-state index is 0.129. The van der Waals surface area contributed by atoms with E-state index in [4.69, 9.17) is 10.7 Å². The van der Waals surface area contributed by atoms with E-state index >= 15 is 0 Å². The van der Waals surface area contributed by atoms with Crippen LogP contribution in [0.2, 0.25) is 0 Å². The van der Waals surface area contributed by atoms with Crippen LogP contribution in [0.5, 0.6) is 0 Å². The maximum absolute atomic E-state index is 10.8. The largest absolute Gasteiger partial charge is 0.327 e. The molecule has 0 radical (unpaired) electrons. The van der Waals surface area contributed by atoms with E-state index in [0.29, 0.717) is 0 Å². The average Bonchev–Trinajstić information content (AvgIpc) is 1.92. The van der Waals surface area contributed by atoms with Crippen LogP contribution in [0.1, 0.15) is 0 Å². The normalized spacial score (nSPS) is 11.5. The van der Waals surface area contributed by atoms with E-state index in [-0.39, 0.29) is 9.37 Å². The van der Waals surface area contributed by atoms with Crippen molar-refractivity contribution in [3.8, 4) is 0 Å². The Kier molecular flexibility index (Phi) is 2.60. The summed E-state index contributed by atoms with van der Waals surface area (Å²) in [4.78, 5) is 12.8. The molecular weight excluding hydrogens is 269 g/mol. The fraction of sp³-hybridized carbons (Fsp3) is 0. The molecule has 0 aliphatic rings. The molecule has 0 saturated carbocycles. The van der Waals surface area contributed by atoms with Crippen molar-refractivity contribution in [2.24, 2.45) is 0 Å². The van der Waals surface area contributed by atoms with Crippen LogP contribution >= 0.6 is 26.6 Å². The molecular formula is C5H3BrClNO3S. The van der Waals surface area contributed by atoms with E-state index in [0.717, 1.165) is 12.3 Å². The second-order valence-corrected chi connectivity index (χ2v) is 5.37. The number of halogens is 2. The number of aromatic amines is 1. The van der Waals surface area contributed by atoms with Crippen molar-refractivity contribution in [3.63, 3.8) is 0 Å². The van der Waals surface area contributed by atoms with E-state index < -0.39 is 14.6 Å². The third-order valence-corrected chi connectivity index (χ3v) is 3.04. The summed E-state index contributed by atoms with van der Waals surface area (Å²) < 4.78 is 21.6. The maximum atomic E-state index is 10.8. The first-order valence-electron chi connectivity index (χ1n) is 2.74. The highest BCUT2D eigenvalue weighted by Gasteiger charge is 2.10. The summed E-state index contributed by atoms with van der Waals surface area (Å²) in [6.07, 6.45) is 1.04. The molecule has 0 aromatic carbocycles. The van der Waals surface area contributed by atoms with Gasteiger partial charge in [-0.15, -0.1) is 0 Å². The monoisotopic (exact) mass is 271 g/mol. The molecule has 1 N–H and O–H groups in total. The smallest absolute Gasteiger partial charge is 0.262 e. The Morgan fingerprint density at radius 2 is 2.08 bits per heavy atom. The van der Waals surface area contributed by atoms with Gasteiger partial charge in [-0.1, -0.05) is 0 Å². The van der Waals surface area contributed by atoms with Crippen molar-refractivity contribution in [1.29, 1.82) is 0 Å². The molecule has 1 aromatic rings. The lowest BCUT2D eigenvalue weighted by molar-refractivity contribution is 0.609. The van der Waals surface area contributed by atoms with Crippen molar-refractivity contribution in [2.45, 2.75) is 4.90 Å². The molecule has 1 aromatic heterocycles. The second kappa shape index (κ2) is 3.20. The summed E-state index contributed by atoms with van der Waals surface area (Å²) >= 11 is 2.87. The van der Waals surface area contributed by atoms with Crippen LogP contribution in [0, 0.1) is 0 Å². The van der Waals surface area contributed by atoms with Gasteiger partial charge in [-0.25, -0.2) is 8.42 Å². The molecule has 4 nitrogen and oxygen atoms in total. The van der Waals surface area contributed by atoms with Crippen molar-refractivity contribution < 1.29 is 8.42 Å². The zero-order valence-corrected chi connectivity index (χ0v) is 8.70. The molecule has 0 saturated heterocycles. The van der Waals surface area contributed by atoms with Gasteiger partial charge in [-0.2, -0.15) is 0 Å². The summed E-state index contributed by atoms with van der Waals surface area (Å²) in [5.74, 6) is 0. The first kappa shape index (κ1) is 9.76. The van der Waals surface area contributed by atoms with Gasteiger partial charge in [-0.3, -0.25) is 4.79 Å². The number of aromatic nitrogens is 1. The molecule has 0 spiro atoms. The Balaban J connectivity index is 3.43. The highest BCUT2D eigenvalue weighted by Crippen LogP contribution is 2.15. The number of pyridine rings is 1. The number of H-pyrrole nitrogens is 1. The Hall–Kier alpha value is -0.330. The fourth-order valence-corrected chi connectivity index (χ4v) is 1.82. The molecule has 66 valence electrons. The summed E-state index contributed by atoms with van der Waals surface area (Å²) in [7, 11) is 1.24. The van der Waals surface area contributed by atoms with Crippen molar-refractivity contribution >= 4 is 35.7 Å². The summed E-state index contributed by atoms with van der Waals surface area (Å²) in [6.45, 7) is 0. The molecule has 1 rings (SSSR count). The van der Waals surface area contributed by atoms with Crippen molar-refractivity contribution in [1.82, 2.24) is 4.98 Å². The summed E-state index contributed by atoms with van der Waals surface area (Å²) in [6, 6.07) is 1.14. The molecule has 0 aliphatic carbocycles. The van der Waals surface area contributed by atoms with Gasteiger partial charge >= 0.3 is 0 Å². The van der Waals surface area contributed by atoms with Crippen LogP contribution in [-0.4, -0.2) is 13.4 Å². The van der Waals surface area contributed by atoms with Crippen LogP contribution in [0.4, 0.5) is 0 Å². The first-order chi connectivity index (χ1) is 5.41. The molecule has 7 heteroatoms. The standard InChI is InChI=1S/C5H3BrClNO3S/c6-4-1-3(12(7,10)11)2-8-5(4)9/h1-2H,(H,8,9). The lowest BCUT2D eigenvalue weighted by atomic mass is 10.5. The average molecular weight is 273 g/mol. The Labute approximate surface area is 81.1 Å². The van der Waals surface area contributed by atoms with E-state index in [9.17, 15) is 13.2 Å². The van der Waals surface area contributed by atoms with E-state index in [1.807, 2.05) is 0 Å². The number of hydrogen-bond donors (Lipinski definition) is 1. The first-order valence-corrected chi connectivity index (χ1v) is 5.84. The van der Waals surface area contributed by atoms with E-state index in [1.165, 1.54) is 0 Å². The van der Waals surface area contributed by atoms with E-state index in [1.54, 1.807) is 0 Å². The fourth-order valence-electron chi connectivity index (χ4n) is 0.579. The highest BCUT2D eigenvalue weighted by molar-refractivity contribution is 9.10. The zero-order chi connectivity index (χ0) is 9.35. The van der Waals surface area contributed by atoms with Gasteiger partial charge in [0.15, 0.2) is 0 Å². The van der Waals surface area contributed by atoms with Crippen molar-refractivity contribution in [3.05, 3.63) is 27.1 Å². The second-order valence-electron chi connectivity index (χ2n) is 1.95. The van der Waals surface area contributed by atoms with Gasteiger partial charge in [0.05, 0.1) is 9.37 Å². The third-order valence-electron chi connectivity index (χ3n) is 1.11. The summed E-state index contributed by atoms with van der Waals surface area (Å²) in [5.41, 5.74) is -0.404. The van der Waals surface area contributed by atoms with Gasteiger partial charge in [0.2, 0.25) is 0 Å².